The summed E-state index contributed by atoms with van der Waals surface area (Å²) in [5.74, 6) is 0. The molecule has 0 amide bonds. The van der Waals surface area contributed by atoms with Gasteiger partial charge in [-0.05, 0) is 24.1 Å². The molecular formula is C16H22ClF3Si. The highest BCUT2D eigenvalue weighted by Gasteiger charge is 2.46. The molecule has 0 atom stereocenters. The Morgan fingerprint density at radius 1 is 1.05 bits per heavy atom. The number of alkyl halides is 3. The second-order valence-corrected chi connectivity index (χ2v) is 10.9. The van der Waals surface area contributed by atoms with Crippen molar-refractivity contribution in [1.29, 1.82) is 0 Å². The number of hydrogen-bond donors (Lipinski definition) is 0. The molecule has 0 N–H and O–H groups in total. The lowest BCUT2D eigenvalue weighted by molar-refractivity contribution is -0.0861. The molecule has 0 aromatic heterocycles. The Morgan fingerprint density at radius 3 is 1.90 bits per heavy atom. The van der Waals surface area contributed by atoms with Gasteiger partial charge in [-0.15, -0.1) is 0 Å². The number of benzene rings is 1. The summed E-state index contributed by atoms with van der Waals surface area (Å²) < 4.78 is 40.5. The van der Waals surface area contributed by atoms with Crippen LogP contribution in [-0.4, -0.2) is 14.3 Å². The lowest BCUT2D eigenvalue weighted by atomic mass is 10.1. The van der Waals surface area contributed by atoms with Crippen molar-refractivity contribution in [3.63, 3.8) is 0 Å². The molecule has 1 aromatic rings. The van der Waals surface area contributed by atoms with Crippen LogP contribution >= 0.6 is 11.6 Å². The standard InChI is InChI=1S/C16H22ClF3Si/c1-4-21(5-2,6-3)15(16(18,19)20)12-9-13-7-10-14(17)11-8-13/h7-8,10-12H,4-6,9H2,1-3H3/b15-12+. The lowest BCUT2D eigenvalue weighted by Gasteiger charge is -2.32. The molecule has 1 rings (SSSR count). The van der Waals surface area contributed by atoms with Crippen LogP contribution in [0.4, 0.5) is 13.2 Å². The van der Waals surface area contributed by atoms with E-state index in [2.05, 4.69) is 0 Å². The van der Waals surface area contributed by atoms with Crippen LogP contribution in [0.3, 0.4) is 0 Å². The van der Waals surface area contributed by atoms with Gasteiger partial charge in [-0.3, -0.25) is 0 Å². The van der Waals surface area contributed by atoms with Crippen LogP contribution in [0.25, 0.3) is 0 Å². The van der Waals surface area contributed by atoms with Gasteiger partial charge in [0.25, 0.3) is 0 Å². The minimum Gasteiger partial charge on any atom is -0.167 e. The third-order valence-electron chi connectivity index (χ3n) is 4.36. The van der Waals surface area contributed by atoms with Gasteiger partial charge in [0.1, 0.15) is 0 Å². The van der Waals surface area contributed by atoms with E-state index in [1.807, 2.05) is 20.8 Å². The maximum atomic E-state index is 13.5. The Bertz CT molecular complexity index is 465. The van der Waals surface area contributed by atoms with Crippen molar-refractivity contribution in [3.8, 4) is 0 Å². The van der Waals surface area contributed by atoms with E-state index in [-0.39, 0.29) is 5.20 Å². The van der Waals surface area contributed by atoms with Crippen LogP contribution in [0.5, 0.6) is 0 Å². The molecule has 21 heavy (non-hydrogen) atoms. The van der Waals surface area contributed by atoms with Crippen molar-refractivity contribution in [3.05, 3.63) is 46.1 Å². The zero-order chi connectivity index (χ0) is 16.1. The average Bonchev–Trinajstić information content (AvgIpc) is 2.44. The lowest BCUT2D eigenvalue weighted by Crippen LogP contribution is -2.41. The quantitative estimate of drug-likeness (QED) is 0.526. The van der Waals surface area contributed by atoms with Gasteiger partial charge in [0.15, 0.2) is 0 Å². The highest BCUT2D eigenvalue weighted by molar-refractivity contribution is 6.86. The van der Waals surface area contributed by atoms with E-state index in [9.17, 15) is 13.2 Å². The number of hydrogen-bond acceptors (Lipinski definition) is 0. The molecule has 118 valence electrons. The minimum atomic E-state index is -4.22. The van der Waals surface area contributed by atoms with E-state index < -0.39 is 14.3 Å². The molecule has 0 heterocycles. The SMILES string of the molecule is CC[Si](CC)(CC)/C(=C/Cc1ccc(Cl)cc1)C(F)(F)F. The zero-order valence-corrected chi connectivity index (χ0v) is 14.5. The van der Waals surface area contributed by atoms with Crippen molar-refractivity contribution in [2.75, 3.05) is 0 Å². The summed E-state index contributed by atoms with van der Waals surface area (Å²) in [6.07, 6.45) is -2.51. The Morgan fingerprint density at radius 2 is 1.52 bits per heavy atom. The summed E-state index contributed by atoms with van der Waals surface area (Å²) in [5.41, 5.74) is 0.854. The fourth-order valence-electron chi connectivity index (χ4n) is 2.79. The molecule has 1 aromatic carbocycles. The smallest absolute Gasteiger partial charge is 0.167 e. The summed E-state index contributed by atoms with van der Waals surface area (Å²) in [4.78, 5) is 0. The van der Waals surface area contributed by atoms with E-state index in [1.54, 1.807) is 24.3 Å². The van der Waals surface area contributed by atoms with Crippen molar-refractivity contribution >= 4 is 19.7 Å². The molecule has 0 unspecified atom stereocenters. The molecule has 0 saturated heterocycles. The van der Waals surface area contributed by atoms with Crippen molar-refractivity contribution in [2.45, 2.75) is 51.5 Å². The summed E-state index contributed by atoms with van der Waals surface area (Å²) in [6.45, 7) is 5.67. The molecule has 0 aliphatic heterocycles. The highest BCUT2D eigenvalue weighted by atomic mass is 35.5. The van der Waals surface area contributed by atoms with Gasteiger partial charge in [-0.2, -0.15) is 13.2 Å². The van der Waals surface area contributed by atoms with E-state index in [4.69, 9.17) is 11.6 Å². The van der Waals surface area contributed by atoms with Crippen molar-refractivity contribution < 1.29 is 13.2 Å². The molecule has 0 aliphatic carbocycles. The fraction of sp³-hybridized carbons (Fsp3) is 0.500. The topological polar surface area (TPSA) is 0 Å². The molecule has 0 aliphatic rings. The van der Waals surface area contributed by atoms with Gasteiger partial charge in [-0.1, -0.05) is 68.7 Å². The molecule has 0 nitrogen and oxygen atoms in total. The van der Waals surface area contributed by atoms with Crippen molar-refractivity contribution in [1.82, 2.24) is 0 Å². The molecule has 0 radical (unpaired) electrons. The van der Waals surface area contributed by atoms with Crippen LogP contribution in [-0.2, 0) is 6.42 Å². The molecule has 0 saturated carbocycles. The maximum Gasteiger partial charge on any atom is 0.408 e. The predicted octanol–water partition coefficient (Wildman–Crippen LogP) is 6.42. The van der Waals surface area contributed by atoms with E-state index in [1.165, 1.54) is 6.08 Å². The summed E-state index contributed by atoms with van der Waals surface area (Å²) in [6, 6.07) is 8.87. The Hall–Kier alpha value is -0.743. The van der Waals surface area contributed by atoms with Gasteiger partial charge in [0, 0.05) is 10.2 Å². The van der Waals surface area contributed by atoms with E-state index in [0.717, 1.165) is 5.56 Å². The third kappa shape index (κ3) is 4.61. The zero-order valence-electron chi connectivity index (χ0n) is 12.7. The van der Waals surface area contributed by atoms with Gasteiger partial charge in [0.2, 0.25) is 0 Å². The van der Waals surface area contributed by atoms with E-state index in [0.29, 0.717) is 29.6 Å². The van der Waals surface area contributed by atoms with E-state index >= 15 is 0 Å². The van der Waals surface area contributed by atoms with Crippen LogP contribution in [0.1, 0.15) is 26.3 Å². The Kier molecular flexibility index (Phi) is 6.54. The first-order valence-electron chi connectivity index (χ1n) is 7.31. The summed E-state index contributed by atoms with van der Waals surface area (Å²) >= 11 is 5.80. The first kappa shape index (κ1) is 18.3. The fourth-order valence-corrected chi connectivity index (χ4v) is 6.70. The second kappa shape index (κ2) is 7.50. The largest absolute Gasteiger partial charge is 0.408 e. The third-order valence-corrected chi connectivity index (χ3v) is 10.3. The molecule has 0 bridgehead atoms. The van der Waals surface area contributed by atoms with Crippen LogP contribution < -0.4 is 0 Å². The molecule has 0 fully saturated rings. The minimum absolute atomic E-state index is 0.252. The number of halogens is 4. The number of rotatable bonds is 6. The first-order valence-corrected chi connectivity index (χ1v) is 10.3. The predicted molar refractivity (Wildman–Crippen MR) is 86.5 cm³/mol. The average molecular weight is 335 g/mol. The highest BCUT2D eigenvalue weighted by Crippen LogP contribution is 2.39. The Labute approximate surface area is 131 Å². The number of allylic oxidation sites excluding steroid dienone is 2. The second-order valence-electron chi connectivity index (χ2n) is 5.29. The van der Waals surface area contributed by atoms with Crippen LogP contribution in [0, 0.1) is 0 Å². The van der Waals surface area contributed by atoms with Gasteiger partial charge >= 0.3 is 6.18 Å². The summed E-state index contributed by atoms with van der Waals surface area (Å²) in [7, 11) is -2.44. The first-order chi connectivity index (χ1) is 9.79. The Balaban J connectivity index is 3.13. The molecule has 0 spiro atoms. The maximum absolute atomic E-state index is 13.5. The van der Waals surface area contributed by atoms with Gasteiger partial charge in [0.05, 0.1) is 8.07 Å². The molecular weight excluding hydrogens is 313 g/mol. The van der Waals surface area contributed by atoms with Gasteiger partial charge in [-0.25, -0.2) is 0 Å². The van der Waals surface area contributed by atoms with Crippen LogP contribution in [0.15, 0.2) is 35.5 Å². The van der Waals surface area contributed by atoms with Crippen molar-refractivity contribution in [2.24, 2.45) is 0 Å². The monoisotopic (exact) mass is 334 g/mol. The molecule has 5 heteroatoms. The normalized spacial score (nSPS) is 13.6. The van der Waals surface area contributed by atoms with Crippen LogP contribution in [0.2, 0.25) is 23.2 Å². The van der Waals surface area contributed by atoms with Gasteiger partial charge < -0.3 is 0 Å². The summed E-state index contributed by atoms with van der Waals surface area (Å²) in [5, 5.41) is 0.343.